The molecule has 0 aromatic heterocycles. The van der Waals surface area contributed by atoms with Crippen LogP contribution in [-0.4, -0.2) is 114 Å². The van der Waals surface area contributed by atoms with E-state index in [2.05, 4.69) is 44.6 Å². The van der Waals surface area contributed by atoms with Gasteiger partial charge in [0.15, 0.2) is 6.29 Å². The second kappa shape index (κ2) is 15.7. The molecule has 5 aliphatic rings. The first-order valence-electron chi connectivity index (χ1n) is 21.6. The van der Waals surface area contributed by atoms with Crippen LogP contribution in [0.25, 0.3) is 10.8 Å². The summed E-state index contributed by atoms with van der Waals surface area (Å²) in [5, 5.41) is 71.6. The van der Waals surface area contributed by atoms with Crippen LogP contribution in [0, 0.1) is 45.3 Å². The van der Waals surface area contributed by atoms with E-state index in [-0.39, 0.29) is 56.8 Å². The second-order valence-electron chi connectivity index (χ2n) is 20.4. The SMILES string of the molecule is CN(C)c1cccc2c(S(=O)(=O)N/N=C/CC[C@](C)(O[C@@H]3O[C@H](CO)[C@@H](O)[C@H](O)[C@H]3O)[C@H]3CC[C@]4(C)[C@@H]3[C@H](O)C[C@@H]3[C@@]5(C)CC[C@H](O)C(C)(C)[C@@H]5CC[C@]34C)cccc12. The number of rotatable bonds is 11. The average molecular weight is 844 g/mol. The number of aliphatic hydroxyl groups is 6. The van der Waals surface area contributed by atoms with Crippen molar-refractivity contribution in [2.75, 3.05) is 25.6 Å². The van der Waals surface area contributed by atoms with Crippen LogP contribution in [0.2, 0.25) is 0 Å². The predicted molar refractivity (Wildman–Crippen MR) is 226 cm³/mol. The number of sulfonamides is 1. The maximum Gasteiger partial charge on any atom is 0.277 e. The molecule has 0 radical (unpaired) electrons. The summed E-state index contributed by atoms with van der Waals surface area (Å²) < 4.78 is 40.0. The van der Waals surface area contributed by atoms with Crippen LogP contribution in [0.1, 0.15) is 99.3 Å². The fourth-order valence-corrected chi connectivity index (χ4v) is 14.7. The van der Waals surface area contributed by atoms with Gasteiger partial charge in [0, 0.05) is 36.8 Å². The van der Waals surface area contributed by atoms with Gasteiger partial charge in [-0.05, 0) is 122 Å². The molecule has 15 atom stereocenters. The van der Waals surface area contributed by atoms with Crippen molar-refractivity contribution >= 4 is 32.7 Å². The van der Waals surface area contributed by atoms with E-state index >= 15 is 0 Å². The van der Waals surface area contributed by atoms with E-state index in [0.29, 0.717) is 30.6 Å². The van der Waals surface area contributed by atoms with E-state index in [4.69, 9.17) is 9.47 Å². The highest BCUT2D eigenvalue weighted by Gasteiger charge is 2.71. The Morgan fingerprint density at radius 2 is 1.58 bits per heavy atom. The molecule has 1 saturated heterocycles. The van der Waals surface area contributed by atoms with Crippen LogP contribution in [0.3, 0.4) is 0 Å². The maximum absolute atomic E-state index is 13.6. The van der Waals surface area contributed by atoms with Gasteiger partial charge in [-0.15, -0.1) is 0 Å². The van der Waals surface area contributed by atoms with Gasteiger partial charge >= 0.3 is 0 Å². The van der Waals surface area contributed by atoms with Gasteiger partial charge in [-0.1, -0.05) is 58.9 Å². The lowest BCUT2D eigenvalue weighted by Crippen LogP contribution is -2.67. The first-order valence-corrected chi connectivity index (χ1v) is 23.1. The van der Waals surface area contributed by atoms with Gasteiger partial charge in [0.25, 0.3) is 10.0 Å². The monoisotopic (exact) mass is 843 g/mol. The van der Waals surface area contributed by atoms with Crippen molar-refractivity contribution in [3.8, 4) is 0 Å². The van der Waals surface area contributed by atoms with Crippen LogP contribution in [-0.2, 0) is 19.5 Å². The van der Waals surface area contributed by atoms with E-state index < -0.39 is 59.0 Å². The molecule has 0 spiro atoms. The third kappa shape index (κ3) is 7.14. The summed E-state index contributed by atoms with van der Waals surface area (Å²) in [6, 6.07) is 10.7. The maximum atomic E-state index is 13.6. The summed E-state index contributed by atoms with van der Waals surface area (Å²) in [6.07, 6.45) is -0.537. The number of hydrogen-bond donors (Lipinski definition) is 7. The molecule has 330 valence electrons. The molecule has 0 unspecified atom stereocenters. The number of fused-ring (bicyclic) bond motifs is 6. The Kier molecular flexibility index (Phi) is 11.9. The number of nitrogens with zero attached hydrogens (tertiary/aromatic N) is 2. The lowest BCUT2D eigenvalue weighted by atomic mass is 9.35. The topological polar surface area (TPSA) is 202 Å². The number of hydrogen-bond acceptors (Lipinski definition) is 12. The number of aliphatic hydroxyl groups excluding tert-OH is 6. The van der Waals surface area contributed by atoms with E-state index in [1.807, 2.05) is 44.1 Å². The van der Waals surface area contributed by atoms with Gasteiger partial charge < -0.3 is 45.0 Å². The third-order valence-corrected chi connectivity index (χ3v) is 18.3. The van der Waals surface area contributed by atoms with E-state index in [1.165, 1.54) is 6.21 Å². The minimum Gasteiger partial charge on any atom is -0.394 e. The Morgan fingerprint density at radius 1 is 0.898 bits per heavy atom. The van der Waals surface area contributed by atoms with Crippen molar-refractivity contribution in [2.24, 2.45) is 50.4 Å². The Balaban J connectivity index is 1.17. The molecule has 5 fully saturated rings. The normalized spacial score (nSPS) is 41.8. The average Bonchev–Trinajstić information content (AvgIpc) is 3.57. The molecule has 7 N–H and O–H groups in total. The van der Waals surface area contributed by atoms with E-state index in [9.17, 15) is 39.1 Å². The largest absolute Gasteiger partial charge is 0.394 e. The van der Waals surface area contributed by atoms with Crippen molar-refractivity contribution in [3.05, 3.63) is 36.4 Å². The molecule has 4 saturated carbocycles. The number of anilines is 1. The number of hydrazone groups is 1. The molecule has 1 heterocycles. The quantitative estimate of drug-likeness (QED) is 0.124. The van der Waals surface area contributed by atoms with Crippen LogP contribution < -0.4 is 9.73 Å². The molecule has 1 aliphatic heterocycles. The Hall–Kier alpha value is -2.40. The first-order chi connectivity index (χ1) is 27.6. The van der Waals surface area contributed by atoms with Gasteiger partial charge in [-0.2, -0.15) is 13.5 Å². The molecule has 4 aliphatic carbocycles. The van der Waals surface area contributed by atoms with Gasteiger partial charge in [-0.25, -0.2) is 4.83 Å². The Morgan fingerprint density at radius 3 is 2.27 bits per heavy atom. The van der Waals surface area contributed by atoms with Crippen LogP contribution in [0.15, 0.2) is 46.4 Å². The van der Waals surface area contributed by atoms with Crippen molar-refractivity contribution < 1.29 is 48.5 Å². The van der Waals surface area contributed by atoms with Gasteiger partial charge in [0.1, 0.15) is 24.4 Å². The second-order valence-corrected chi connectivity index (χ2v) is 22.1. The first kappa shape index (κ1) is 44.6. The molecule has 59 heavy (non-hydrogen) atoms. The Bertz CT molecular complexity index is 2000. The standard InChI is InChI=1S/C45H69N3O10S/c1-41(2)33-17-22-43(4)34(42(33,3)20-18-35(41)51)24-30(50)36-28(16-21-44(36,43)5)45(6,58-40-39(54)38(53)37(52)31(25-49)57-40)19-11-23-46-47-59(55,56)32-15-10-12-26-27(32)13-9-14-29(26)48(7)8/h9-10,12-15,23,28,30-31,33-40,47,49-54H,11,16-22,24-25H2,1-8H3/b46-23+/t28-,30+,31+,33-,34+,35-,36-,37+,38-,39+,40-,42-,43+,44+,45-/m0/s1. The third-order valence-electron chi connectivity index (χ3n) is 17.0. The Labute approximate surface area is 350 Å². The van der Waals surface area contributed by atoms with Crippen molar-refractivity contribution in [2.45, 2.75) is 153 Å². The van der Waals surface area contributed by atoms with Crippen LogP contribution in [0.4, 0.5) is 5.69 Å². The minimum absolute atomic E-state index is 0.0522. The summed E-state index contributed by atoms with van der Waals surface area (Å²) in [6.45, 7) is 12.9. The molecule has 0 amide bonds. The summed E-state index contributed by atoms with van der Waals surface area (Å²) >= 11 is 0. The summed E-state index contributed by atoms with van der Waals surface area (Å²) in [5.74, 6) is 0.128. The van der Waals surface area contributed by atoms with E-state index in [1.54, 1.807) is 18.2 Å². The van der Waals surface area contributed by atoms with Crippen LogP contribution >= 0.6 is 0 Å². The minimum atomic E-state index is -4.06. The molecule has 14 heteroatoms. The van der Waals surface area contributed by atoms with Crippen LogP contribution in [0.5, 0.6) is 0 Å². The molecule has 13 nitrogen and oxygen atoms in total. The summed E-state index contributed by atoms with van der Waals surface area (Å²) in [7, 11) is -0.251. The number of ether oxygens (including phenoxy) is 2. The van der Waals surface area contributed by atoms with Gasteiger partial charge in [-0.3, -0.25) is 0 Å². The van der Waals surface area contributed by atoms with Crippen molar-refractivity contribution in [1.29, 1.82) is 0 Å². The zero-order valence-electron chi connectivity index (χ0n) is 36.1. The molecule has 2 aromatic carbocycles. The number of nitrogens with one attached hydrogen (secondary N) is 1. The molecule has 7 rings (SSSR count). The zero-order chi connectivity index (χ0) is 43.1. The summed E-state index contributed by atoms with van der Waals surface area (Å²) in [5.41, 5.74) is -0.897. The molecular formula is C45H69N3O10S. The van der Waals surface area contributed by atoms with Crippen molar-refractivity contribution in [3.63, 3.8) is 0 Å². The predicted octanol–water partition coefficient (Wildman–Crippen LogP) is 4.54. The molecule has 0 bridgehead atoms. The fourth-order valence-electron chi connectivity index (χ4n) is 13.7. The fraction of sp³-hybridized carbons (Fsp3) is 0.756. The number of benzene rings is 2. The molecule has 2 aromatic rings. The highest BCUT2D eigenvalue weighted by atomic mass is 32.2. The summed E-state index contributed by atoms with van der Waals surface area (Å²) in [4.78, 5) is 4.42. The highest BCUT2D eigenvalue weighted by Crippen LogP contribution is 2.76. The highest BCUT2D eigenvalue weighted by molar-refractivity contribution is 7.89. The smallest absolute Gasteiger partial charge is 0.277 e. The zero-order valence-corrected chi connectivity index (χ0v) is 36.9. The lowest BCUT2D eigenvalue weighted by Gasteiger charge is -2.70. The van der Waals surface area contributed by atoms with Gasteiger partial charge in [0.2, 0.25) is 0 Å². The molecular weight excluding hydrogens is 775 g/mol. The van der Waals surface area contributed by atoms with E-state index in [0.717, 1.165) is 43.2 Å². The lowest BCUT2D eigenvalue weighted by molar-refractivity contribution is -0.336. The van der Waals surface area contributed by atoms with Crippen molar-refractivity contribution in [1.82, 2.24) is 4.83 Å². The van der Waals surface area contributed by atoms with Gasteiger partial charge in [0.05, 0.1) is 29.3 Å².